The fraction of sp³-hybridized carbons (Fsp3) is 0.194. The van der Waals surface area contributed by atoms with Crippen LogP contribution < -0.4 is 10.0 Å². The predicted molar refractivity (Wildman–Crippen MR) is 169 cm³/mol. The maximum Gasteiger partial charge on any atom is 0.323 e. The number of nitrogens with zero attached hydrogens (tertiary/aromatic N) is 5. The van der Waals surface area contributed by atoms with E-state index in [-0.39, 0.29) is 18.5 Å². The van der Waals surface area contributed by atoms with Gasteiger partial charge in [-0.2, -0.15) is 9.36 Å². The average Bonchev–Trinajstić information content (AvgIpc) is 3.51. The highest BCUT2D eigenvalue weighted by atomic mass is 32.2. The molecule has 2 heterocycles. The van der Waals surface area contributed by atoms with Crippen LogP contribution in [-0.2, 0) is 24.2 Å². The third-order valence-electron chi connectivity index (χ3n) is 6.89. The average molecular weight is 614 g/mol. The Kier molecular flexibility index (Phi) is 10.6. The molecule has 1 atom stereocenters. The lowest BCUT2D eigenvalue weighted by Crippen LogP contribution is -2.38. The van der Waals surface area contributed by atoms with Crippen molar-refractivity contribution < 1.29 is 13.6 Å². The zero-order valence-corrected chi connectivity index (χ0v) is 24.9. The molecule has 5 aromatic rings. The highest BCUT2D eigenvalue weighted by molar-refractivity contribution is 7.77. The van der Waals surface area contributed by atoms with Crippen molar-refractivity contribution in [2.75, 3.05) is 18.4 Å². The maximum atomic E-state index is 13.6. The van der Waals surface area contributed by atoms with E-state index < -0.39 is 11.3 Å². The number of nitrogens with one attached hydrogen (secondary N) is 2. The predicted octanol–water partition coefficient (Wildman–Crippen LogP) is 5.52. The number of carbonyl (C=O) groups excluding carboxylic acids is 1. The summed E-state index contributed by atoms with van der Waals surface area (Å²) < 4.78 is 26.6. The summed E-state index contributed by atoms with van der Waals surface area (Å²) >= 11 is -0.961. The summed E-state index contributed by atoms with van der Waals surface area (Å²) in [5.41, 5.74) is 4.83. The van der Waals surface area contributed by atoms with Crippen molar-refractivity contribution in [1.82, 2.24) is 28.9 Å². The normalized spacial score (nSPS) is 11.8. The van der Waals surface area contributed by atoms with Gasteiger partial charge in [-0.15, -0.1) is 0 Å². The van der Waals surface area contributed by atoms with Crippen molar-refractivity contribution in [2.24, 2.45) is 0 Å². The van der Waals surface area contributed by atoms with Crippen molar-refractivity contribution in [1.29, 1.82) is 0 Å². The lowest BCUT2D eigenvalue weighted by molar-refractivity contribution is 0.210. The van der Waals surface area contributed by atoms with Crippen LogP contribution in [-0.4, -0.2) is 52.1 Å². The van der Waals surface area contributed by atoms with Crippen LogP contribution in [0.25, 0.3) is 11.4 Å². The van der Waals surface area contributed by atoms with Gasteiger partial charge >= 0.3 is 6.03 Å². The molecule has 10 nitrogen and oxygen atoms in total. The molecule has 12 heteroatoms. The molecule has 1 unspecified atom stereocenters. The van der Waals surface area contributed by atoms with Crippen LogP contribution in [0.5, 0.6) is 0 Å². The van der Waals surface area contributed by atoms with Crippen LogP contribution in [0.1, 0.15) is 34.7 Å². The third-order valence-corrected chi connectivity index (χ3v) is 7.91. The van der Waals surface area contributed by atoms with Gasteiger partial charge in [0, 0.05) is 67.7 Å². The Bertz CT molecular complexity index is 1570. The van der Waals surface area contributed by atoms with Gasteiger partial charge in [0.25, 0.3) is 0 Å². The largest absolute Gasteiger partial charge is 0.324 e. The van der Waals surface area contributed by atoms with E-state index in [1.54, 1.807) is 23.5 Å². The number of urea groups is 1. The molecule has 0 radical (unpaired) electrons. The van der Waals surface area contributed by atoms with Gasteiger partial charge in [-0.05, 0) is 23.1 Å². The highest BCUT2D eigenvalue weighted by Gasteiger charge is 2.21. The Morgan fingerprint density at radius 2 is 1.63 bits per heavy atom. The summed E-state index contributed by atoms with van der Waals surface area (Å²) in [5.74, 6) is 0.614. The van der Waals surface area contributed by atoms with Crippen molar-refractivity contribution >= 4 is 34.0 Å². The lowest BCUT2D eigenvalue weighted by Gasteiger charge is -2.26. The van der Waals surface area contributed by atoms with Crippen molar-refractivity contribution in [3.8, 4) is 11.4 Å². The summed E-state index contributed by atoms with van der Waals surface area (Å²) in [5, 5.41) is 3.34. The number of aromatic nitrogens is 4. The van der Waals surface area contributed by atoms with E-state index in [1.165, 1.54) is 11.1 Å². The van der Waals surface area contributed by atoms with Gasteiger partial charge in [0.15, 0.2) is 5.82 Å². The van der Waals surface area contributed by atoms with Gasteiger partial charge in [0.05, 0.1) is 5.69 Å². The Hall–Kier alpha value is -4.36. The van der Waals surface area contributed by atoms with Crippen LogP contribution in [0.3, 0.4) is 0 Å². The van der Waals surface area contributed by atoms with E-state index in [2.05, 4.69) is 53.6 Å². The maximum absolute atomic E-state index is 13.6. The van der Waals surface area contributed by atoms with E-state index in [4.69, 9.17) is 4.55 Å². The van der Waals surface area contributed by atoms with E-state index >= 15 is 0 Å². The molecule has 0 saturated heterocycles. The summed E-state index contributed by atoms with van der Waals surface area (Å²) in [6, 6.07) is 27.8. The van der Waals surface area contributed by atoms with Crippen molar-refractivity contribution in [2.45, 2.75) is 25.3 Å². The quantitative estimate of drug-likeness (QED) is 0.149. The van der Waals surface area contributed by atoms with E-state index in [0.717, 1.165) is 34.8 Å². The monoisotopic (exact) mass is 613 g/mol. The second-order valence-electron chi connectivity index (χ2n) is 9.72. The Morgan fingerprint density at radius 1 is 0.930 bits per heavy atom. The highest BCUT2D eigenvalue weighted by Crippen LogP contribution is 2.28. The number of carbonyl (C=O) groups is 1. The molecule has 220 valence electrons. The molecular formula is C31H31N7O3S2. The molecule has 0 aliphatic carbocycles. The van der Waals surface area contributed by atoms with Gasteiger partial charge in [-0.25, -0.2) is 13.7 Å². The first-order chi connectivity index (χ1) is 21.0. The zero-order chi connectivity index (χ0) is 29.9. The lowest BCUT2D eigenvalue weighted by atomic mass is 9.88. The fourth-order valence-electron chi connectivity index (χ4n) is 4.68. The molecule has 5 rings (SSSR count). The standard InChI is InChI=1S/C31H31N7O3S2/c39-31(36-30-35-29(37-42-30)26-13-11-23(12-14-26)21-34-43(40)41)38(19-15-27-22-32-17-18-33-27)20-16-28(24-7-3-1-4-8-24)25-9-5-2-6-10-25/h1-14,17-18,22,28,34H,15-16,19-21H2,(H,40,41)(H,35,36,37,39). The molecule has 3 N–H and O–H groups in total. The Morgan fingerprint density at radius 3 is 2.26 bits per heavy atom. The minimum absolute atomic E-state index is 0.123. The second-order valence-corrected chi connectivity index (χ2v) is 11.3. The Labute approximate surface area is 256 Å². The minimum atomic E-state index is -2.07. The third kappa shape index (κ3) is 8.82. The summed E-state index contributed by atoms with van der Waals surface area (Å²) in [4.78, 5) is 28.5. The smallest absolute Gasteiger partial charge is 0.323 e. The number of amides is 2. The van der Waals surface area contributed by atoms with Crippen molar-refractivity contribution in [3.63, 3.8) is 0 Å². The van der Waals surface area contributed by atoms with Crippen LogP contribution in [0.2, 0.25) is 0 Å². The SMILES string of the molecule is O=C(Nc1nc(-c2ccc(CNS(=O)O)cc2)ns1)N(CCc1cnccn1)CCC(c1ccccc1)c1ccccc1. The molecule has 0 aliphatic rings. The molecule has 0 fully saturated rings. The second kappa shape index (κ2) is 15.2. The summed E-state index contributed by atoms with van der Waals surface area (Å²) in [6.07, 6.45) is 6.30. The van der Waals surface area contributed by atoms with Gasteiger partial charge < -0.3 is 4.90 Å². The summed E-state index contributed by atoms with van der Waals surface area (Å²) in [7, 11) is 0. The Balaban J connectivity index is 1.29. The van der Waals surface area contributed by atoms with Gasteiger partial charge in [0.2, 0.25) is 16.4 Å². The first kappa shape index (κ1) is 30.1. The van der Waals surface area contributed by atoms with E-state index in [0.29, 0.717) is 30.5 Å². The number of anilines is 1. The molecule has 0 saturated carbocycles. The summed E-state index contributed by atoms with van der Waals surface area (Å²) in [6.45, 7) is 1.23. The molecule has 2 amide bonds. The van der Waals surface area contributed by atoms with Crippen LogP contribution >= 0.6 is 11.5 Å². The number of hydrogen-bond donors (Lipinski definition) is 3. The number of rotatable bonds is 13. The van der Waals surface area contributed by atoms with Crippen LogP contribution in [0.15, 0.2) is 104 Å². The van der Waals surface area contributed by atoms with E-state index in [1.807, 2.05) is 60.7 Å². The molecular weight excluding hydrogens is 583 g/mol. The molecule has 43 heavy (non-hydrogen) atoms. The van der Waals surface area contributed by atoms with Gasteiger partial charge in [-0.3, -0.25) is 19.8 Å². The van der Waals surface area contributed by atoms with Crippen LogP contribution in [0, 0.1) is 0 Å². The molecule has 0 bridgehead atoms. The molecule has 2 aromatic heterocycles. The zero-order valence-electron chi connectivity index (χ0n) is 23.2. The number of hydrogen-bond acceptors (Lipinski definition) is 7. The molecule has 3 aromatic carbocycles. The van der Waals surface area contributed by atoms with Gasteiger partial charge in [0.1, 0.15) is 0 Å². The number of benzene rings is 3. The fourth-order valence-corrected chi connectivity index (χ4v) is 5.55. The molecule has 0 spiro atoms. The molecule has 0 aliphatic heterocycles. The van der Waals surface area contributed by atoms with Gasteiger partial charge in [-0.1, -0.05) is 84.9 Å². The topological polar surface area (TPSA) is 133 Å². The minimum Gasteiger partial charge on any atom is -0.324 e. The first-order valence-corrected chi connectivity index (χ1v) is 15.6. The van der Waals surface area contributed by atoms with E-state index in [9.17, 15) is 9.00 Å². The van der Waals surface area contributed by atoms with Crippen LogP contribution in [0.4, 0.5) is 9.93 Å². The first-order valence-electron chi connectivity index (χ1n) is 13.7. The van der Waals surface area contributed by atoms with Crippen molar-refractivity contribution in [3.05, 3.63) is 126 Å².